The molecule has 1 aromatic carbocycles. The third-order valence-electron chi connectivity index (χ3n) is 2.78. The molecule has 0 bridgehead atoms. The molecule has 0 saturated heterocycles. The Balaban J connectivity index is 1.84. The Morgan fingerprint density at radius 3 is 2.61 bits per heavy atom. The molecule has 1 heterocycles. The quantitative estimate of drug-likeness (QED) is 0.853. The lowest BCUT2D eigenvalue weighted by Crippen LogP contribution is -2.32. The number of sulfonamides is 1. The molecular weight excluding hydrogens is 334 g/mol. The zero-order chi connectivity index (χ0) is 16.7. The second kappa shape index (κ2) is 7.76. The third-order valence-corrected chi connectivity index (χ3v) is 5.14. The lowest BCUT2D eigenvalue weighted by molar-refractivity contribution is -0.116. The maximum atomic E-state index is 11.9. The minimum absolute atomic E-state index is 0.0134. The van der Waals surface area contributed by atoms with Crippen molar-refractivity contribution in [2.45, 2.75) is 10.6 Å². The Morgan fingerprint density at radius 2 is 2.00 bits per heavy atom. The zero-order valence-electron chi connectivity index (χ0n) is 12.0. The van der Waals surface area contributed by atoms with E-state index in [4.69, 9.17) is 5.26 Å². The van der Waals surface area contributed by atoms with E-state index in [9.17, 15) is 13.2 Å². The summed E-state index contributed by atoms with van der Waals surface area (Å²) < 4.78 is 25.9. The topological polar surface area (TPSA) is 99.9 Å². The number of benzene rings is 1. The molecular formula is C15H13N3O3S2. The van der Waals surface area contributed by atoms with Crippen LogP contribution in [0.1, 0.15) is 11.1 Å². The summed E-state index contributed by atoms with van der Waals surface area (Å²) in [5.74, 6) is -0.0292. The van der Waals surface area contributed by atoms with Gasteiger partial charge in [0, 0.05) is 18.1 Å². The monoisotopic (exact) mass is 347 g/mol. The van der Waals surface area contributed by atoms with Crippen molar-refractivity contribution in [1.29, 1.82) is 5.26 Å². The molecule has 0 radical (unpaired) electrons. The van der Waals surface area contributed by atoms with Crippen LogP contribution in [0.2, 0.25) is 0 Å². The molecule has 118 valence electrons. The highest BCUT2D eigenvalue weighted by Gasteiger charge is 2.17. The molecule has 0 aliphatic carbocycles. The Kier molecular flexibility index (Phi) is 5.73. The van der Waals surface area contributed by atoms with E-state index in [1.54, 1.807) is 24.3 Å². The number of hydrogen-bond donors (Lipinski definition) is 1. The Bertz CT molecular complexity index is 813. The first kappa shape index (κ1) is 17.0. The van der Waals surface area contributed by atoms with Gasteiger partial charge in [0.1, 0.15) is 4.90 Å². The molecule has 1 N–H and O–H groups in total. The van der Waals surface area contributed by atoms with E-state index < -0.39 is 15.9 Å². The number of nitrogens with one attached hydrogen (secondary N) is 1. The van der Waals surface area contributed by atoms with Gasteiger partial charge in [0.2, 0.25) is 5.91 Å². The number of aromatic nitrogens is 1. The molecule has 23 heavy (non-hydrogen) atoms. The lowest BCUT2D eigenvalue weighted by atomic mass is 10.2. The number of amides is 1. The van der Waals surface area contributed by atoms with Crippen LogP contribution in [-0.2, 0) is 20.6 Å². The second-order valence-corrected chi connectivity index (χ2v) is 7.19. The van der Waals surface area contributed by atoms with Gasteiger partial charge in [-0.25, -0.2) is 13.1 Å². The van der Waals surface area contributed by atoms with Crippen molar-refractivity contribution in [2.24, 2.45) is 0 Å². The van der Waals surface area contributed by atoms with E-state index >= 15 is 0 Å². The van der Waals surface area contributed by atoms with E-state index in [-0.39, 0.29) is 10.6 Å². The summed E-state index contributed by atoms with van der Waals surface area (Å²) in [4.78, 5) is 15.4. The number of pyridine rings is 1. The lowest BCUT2D eigenvalue weighted by Gasteiger charge is -2.06. The molecule has 6 nitrogen and oxygen atoms in total. The van der Waals surface area contributed by atoms with Gasteiger partial charge in [-0.2, -0.15) is 5.26 Å². The van der Waals surface area contributed by atoms with Gasteiger partial charge in [0.15, 0.2) is 0 Å². The normalized spacial score (nSPS) is 10.7. The minimum Gasteiger partial charge on any atom is -0.273 e. The first-order valence-corrected chi connectivity index (χ1v) is 9.17. The highest BCUT2D eigenvalue weighted by atomic mass is 32.2. The van der Waals surface area contributed by atoms with Crippen LogP contribution in [-0.4, -0.2) is 25.1 Å². The minimum atomic E-state index is -3.87. The molecule has 1 amide bonds. The van der Waals surface area contributed by atoms with Crippen LogP contribution in [0.5, 0.6) is 0 Å². The highest BCUT2D eigenvalue weighted by molar-refractivity contribution is 7.99. The number of thioether (sulfide) groups is 1. The number of rotatable bonds is 6. The van der Waals surface area contributed by atoms with Crippen molar-refractivity contribution in [3.63, 3.8) is 0 Å². The van der Waals surface area contributed by atoms with Gasteiger partial charge in [0.05, 0.1) is 17.4 Å². The van der Waals surface area contributed by atoms with E-state index in [2.05, 4.69) is 4.98 Å². The van der Waals surface area contributed by atoms with Gasteiger partial charge in [-0.15, -0.1) is 11.8 Å². The molecule has 2 rings (SSSR count). The first-order valence-electron chi connectivity index (χ1n) is 6.54. The molecule has 8 heteroatoms. The van der Waals surface area contributed by atoms with E-state index in [1.165, 1.54) is 36.3 Å². The third kappa shape index (κ3) is 5.09. The van der Waals surface area contributed by atoms with Crippen molar-refractivity contribution in [3.05, 3.63) is 59.9 Å². The van der Waals surface area contributed by atoms with Crippen LogP contribution in [0.4, 0.5) is 0 Å². The van der Waals surface area contributed by atoms with Gasteiger partial charge >= 0.3 is 0 Å². The van der Waals surface area contributed by atoms with Gasteiger partial charge in [-0.3, -0.25) is 9.78 Å². The van der Waals surface area contributed by atoms with Crippen molar-refractivity contribution in [3.8, 4) is 6.07 Å². The molecule has 0 saturated carbocycles. The summed E-state index contributed by atoms with van der Waals surface area (Å²) in [6.07, 6.45) is 2.63. The van der Waals surface area contributed by atoms with Gasteiger partial charge in [-0.1, -0.05) is 12.1 Å². The van der Waals surface area contributed by atoms with Crippen molar-refractivity contribution in [1.82, 2.24) is 9.71 Å². The van der Waals surface area contributed by atoms with Crippen LogP contribution >= 0.6 is 11.8 Å². The number of carbonyl (C=O) groups excluding carboxylic acids is 1. The number of hydrogen-bond acceptors (Lipinski definition) is 6. The second-order valence-electron chi connectivity index (χ2n) is 4.52. The number of nitrogens with zero attached hydrogens (tertiary/aromatic N) is 2. The summed E-state index contributed by atoms with van der Waals surface area (Å²) in [7, 11) is -3.87. The number of nitriles is 1. The predicted octanol–water partition coefficient (Wildman–Crippen LogP) is 1.69. The van der Waals surface area contributed by atoms with Gasteiger partial charge < -0.3 is 0 Å². The molecule has 0 aliphatic rings. The van der Waals surface area contributed by atoms with E-state index in [1.807, 2.05) is 10.8 Å². The first-order chi connectivity index (χ1) is 11.0. The fraction of sp³-hybridized carbons (Fsp3) is 0.133. The Morgan fingerprint density at radius 1 is 1.26 bits per heavy atom. The maximum absolute atomic E-state index is 11.9. The van der Waals surface area contributed by atoms with Crippen LogP contribution in [0.3, 0.4) is 0 Å². The average molecular weight is 347 g/mol. The SMILES string of the molecule is N#Cc1ccc(CSCC(=O)NS(=O)(=O)c2cccnc2)cc1. The van der Waals surface area contributed by atoms with Crippen LogP contribution < -0.4 is 4.72 Å². The average Bonchev–Trinajstić information content (AvgIpc) is 2.56. The Hall–Kier alpha value is -2.37. The molecule has 1 aromatic heterocycles. The predicted molar refractivity (Wildman–Crippen MR) is 86.9 cm³/mol. The van der Waals surface area contributed by atoms with Crippen molar-refractivity contribution in [2.75, 3.05) is 5.75 Å². The summed E-state index contributed by atoms with van der Waals surface area (Å²) in [6.45, 7) is 0. The number of carbonyl (C=O) groups is 1. The van der Waals surface area contributed by atoms with E-state index in [0.717, 1.165) is 5.56 Å². The zero-order valence-corrected chi connectivity index (χ0v) is 13.6. The molecule has 0 spiro atoms. The highest BCUT2D eigenvalue weighted by Crippen LogP contribution is 2.13. The summed E-state index contributed by atoms with van der Waals surface area (Å²) >= 11 is 1.29. The molecule has 0 aliphatic heterocycles. The van der Waals surface area contributed by atoms with Gasteiger partial charge in [-0.05, 0) is 29.8 Å². The molecule has 0 fully saturated rings. The standard InChI is InChI=1S/C15H13N3O3S2/c16-8-12-3-5-13(6-4-12)10-22-11-15(19)18-23(20,21)14-2-1-7-17-9-14/h1-7,9H,10-11H2,(H,18,19). The fourth-order valence-electron chi connectivity index (χ4n) is 1.68. The summed E-state index contributed by atoms with van der Waals surface area (Å²) in [6, 6.07) is 11.9. The fourth-order valence-corrected chi connectivity index (χ4v) is 3.51. The molecule has 0 atom stereocenters. The van der Waals surface area contributed by atoms with Crippen LogP contribution in [0, 0.1) is 11.3 Å². The Labute approximate surface area is 138 Å². The van der Waals surface area contributed by atoms with Crippen molar-refractivity contribution < 1.29 is 13.2 Å². The summed E-state index contributed by atoms with van der Waals surface area (Å²) in [5.41, 5.74) is 1.52. The van der Waals surface area contributed by atoms with Crippen molar-refractivity contribution >= 4 is 27.7 Å². The molecule has 2 aromatic rings. The molecule has 0 unspecified atom stereocenters. The smallest absolute Gasteiger partial charge is 0.265 e. The maximum Gasteiger partial charge on any atom is 0.265 e. The van der Waals surface area contributed by atoms with E-state index in [0.29, 0.717) is 11.3 Å². The summed E-state index contributed by atoms with van der Waals surface area (Å²) in [5, 5.41) is 8.71. The largest absolute Gasteiger partial charge is 0.273 e. The van der Waals surface area contributed by atoms with Gasteiger partial charge in [0.25, 0.3) is 10.0 Å². The van der Waals surface area contributed by atoms with Crippen LogP contribution in [0.25, 0.3) is 0 Å². The van der Waals surface area contributed by atoms with Crippen LogP contribution in [0.15, 0.2) is 53.7 Å².